The van der Waals surface area contributed by atoms with Crippen molar-refractivity contribution < 1.29 is 9.59 Å². The molecular weight excluding hydrogens is 230 g/mol. The number of nitrogens with zero attached hydrogens (tertiary/aromatic N) is 1. The second-order valence-corrected chi connectivity index (χ2v) is 5.14. The van der Waals surface area contributed by atoms with Crippen molar-refractivity contribution in [2.75, 3.05) is 26.2 Å². The smallest absolute Gasteiger partial charge is 0.321 e. The Morgan fingerprint density at radius 2 is 2.17 bits per heavy atom. The average Bonchev–Trinajstić information content (AvgIpc) is 2.29. The number of carbonyl (C=O) groups is 2. The highest BCUT2D eigenvalue weighted by Gasteiger charge is 2.19. The zero-order chi connectivity index (χ0) is 13.4. The number of imide groups is 1. The number of unbranched alkanes of at least 4 members (excludes halogenated alkanes) is 1. The number of hydrogen-bond acceptors (Lipinski definition) is 3. The number of hydrogen-bond donors (Lipinski definition) is 2. The van der Waals surface area contributed by atoms with Crippen LogP contribution < -0.4 is 10.6 Å². The first-order valence-electron chi connectivity index (χ1n) is 6.91. The normalized spacial score (nSPS) is 20.4. The summed E-state index contributed by atoms with van der Waals surface area (Å²) in [5, 5.41) is 5.04. The fourth-order valence-electron chi connectivity index (χ4n) is 2.22. The van der Waals surface area contributed by atoms with Gasteiger partial charge in [-0.25, -0.2) is 4.79 Å². The maximum absolute atomic E-state index is 11.6. The van der Waals surface area contributed by atoms with Crippen LogP contribution in [0.3, 0.4) is 0 Å². The predicted molar refractivity (Wildman–Crippen MR) is 71.3 cm³/mol. The van der Waals surface area contributed by atoms with E-state index in [-0.39, 0.29) is 11.9 Å². The van der Waals surface area contributed by atoms with Gasteiger partial charge in [-0.1, -0.05) is 20.3 Å². The first-order valence-corrected chi connectivity index (χ1v) is 6.91. The summed E-state index contributed by atoms with van der Waals surface area (Å²) in [6.07, 6.45) is 4.33. The van der Waals surface area contributed by atoms with Crippen molar-refractivity contribution in [1.29, 1.82) is 0 Å². The number of piperidine rings is 1. The molecule has 3 amide bonds. The second-order valence-electron chi connectivity index (χ2n) is 5.14. The van der Waals surface area contributed by atoms with Crippen molar-refractivity contribution in [1.82, 2.24) is 15.5 Å². The first-order chi connectivity index (χ1) is 8.61. The predicted octanol–water partition coefficient (Wildman–Crippen LogP) is 1.34. The molecule has 0 aromatic heterocycles. The van der Waals surface area contributed by atoms with Crippen molar-refractivity contribution >= 4 is 11.9 Å². The molecule has 1 fully saturated rings. The standard InChI is InChI=1S/C13H25N3O2/c1-3-4-7-14-13(18)15-12(17)10-16-8-5-6-11(2)9-16/h11H,3-10H2,1-2H3,(H2,14,15,17,18)/t11-/m1/s1. The minimum atomic E-state index is -0.376. The van der Waals surface area contributed by atoms with E-state index in [1.165, 1.54) is 6.42 Å². The van der Waals surface area contributed by atoms with Crippen LogP contribution in [-0.2, 0) is 4.79 Å². The highest BCUT2D eigenvalue weighted by atomic mass is 16.2. The van der Waals surface area contributed by atoms with Crippen molar-refractivity contribution in [3.8, 4) is 0 Å². The van der Waals surface area contributed by atoms with Crippen LogP contribution >= 0.6 is 0 Å². The summed E-state index contributed by atoms with van der Waals surface area (Å²) in [4.78, 5) is 25.1. The Morgan fingerprint density at radius 1 is 1.39 bits per heavy atom. The SMILES string of the molecule is CCCCNC(=O)NC(=O)CN1CCC[C@@H](C)C1. The number of urea groups is 1. The lowest BCUT2D eigenvalue weighted by atomic mass is 10.0. The summed E-state index contributed by atoms with van der Waals surface area (Å²) >= 11 is 0. The number of carbonyl (C=O) groups excluding carboxylic acids is 2. The van der Waals surface area contributed by atoms with Gasteiger partial charge in [-0.2, -0.15) is 0 Å². The Balaban J connectivity index is 2.18. The molecule has 0 unspecified atom stereocenters. The first kappa shape index (κ1) is 15.0. The van der Waals surface area contributed by atoms with Crippen LogP contribution in [0.2, 0.25) is 0 Å². The van der Waals surface area contributed by atoms with Gasteiger partial charge in [0, 0.05) is 13.1 Å². The van der Waals surface area contributed by atoms with Crippen LogP contribution in [0.5, 0.6) is 0 Å². The lowest BCUT2D eigenvalue weighted by Gasteiger charge is -2.29. The molecule has 104 valence electrons. The summed E-state index contributed by atoms with van der Waals surface area (Å²) in [6.45, 7) is 7.10. The van der Waals surface area contributed by atoms with Crippen molar-refractivity contribution in [3.63, 3.8) is 0 Å². The molecule has 1 heterocycles. The molecule has 0 aromatic rings. The van der Waals surface area contributed by atoms with E-state index in [0.717, 1.165) is 32.4 Å². The van der Waals surface area contributed by atoms with Gasteiger partial charge in [0.05, 0.1) is 6.54 Å². The summed E-state index contributed by atoms with van der Waals surface area (Å²) in [5.74, 6) is 0.433. The maximum Gasteiger partial charge on any atom is 0.321 e. The summed E-state index contributed by atoms with van der Waals surface area (Å²) in [5.41, 5.74) is 0. The minimum absolute atomic E-state index is 0.210. The van der Waals surface area contributed by atoms with E-state index in [9.17, 15) is 9.59 Å². The zero-order valence-electron chi connectivity index (χ0n) is 11.5. The monoisotopic (exact) mass is 255 g/mol. The Bertz CT molecular complexity index is 281. The van der Waals surface area contributed by atoms with Gasteiger partial charge in [-0.05, 0) is 31.7 Å². The van der Waals surface area contributed by atoms with Crippen LogP contribution in [0, 0.1) is 5.92 Å². The summed E-state index contributed by atoms with van der Waals surface area (Å²) in [7, 11) is 0. The van der Waals surface area contributed by atoms with E-state index in [1.807, 2.05) is 0 Å². The van der Waals surface area contributed by atoms with Gasteiger partial charge < -0.3 is 5.32 Å². The third-order valence-corrected chi connectivity index (χ3v) is 3.18. The van der Waals surface area contributed by atoms with E-state index in [2.05, 4.69) is 29.4 Å². The van der Waals surface area contributed by atoms with Gasteiger partial charge in [0.1, 0.15) is 0 Å². The van der Waals surface area contributed by atoms with Crippen LogP contribution in [0.15, 0.2) is 0 Å². The minimum Gasteiger partial charge on any atom is -0.338 e. The Morgan fingerprint density at radius 3 is 2.83 bits per heavy atom. The third-order valence-electron chi connectivity index (χ3n) is 3.18. The Hall–Kier alpha value is -1.10. The van der Waals surface area contributed by atoms with Gasteiger partial charge in [0.15, 0.2) is 0 Å². The lowest BCUT2D eigenvalue weighted by Crippen LogP contribution is -2.46. The lowest BCUT2D eigenvalue weighted by molar-refractivity contribution is -0.121. The highest BCUT2D eigenvalue weighted by Crippen LogP contribution is 2.14. The quantitative estimate of drug-likeness (QED) is 0.729. The van der Waals surface area contributed by atoms with Gasteiger partial charge in [-0.15, -0.1) is 0 Å². The Labute approximate surface area is 109 Å². The molecule has 0 aliphatic carbocycles. The maximum atomic E-state index is 11.6. The van der Waals surface area contributed by atoms with E-state index >= 15 is 0 Å². The van der Waals surface area contributed by atoms with E-state index in [0.29, 0.717) is 19.0 Å². The molecule has 1 atom stereocenters. The molecule has 0 radical (unpaired) electrons. The molecule has 18 heavy (non-hydrogen) atoms. The van der Waals surface area contributed by atoms with Crippen LogP contribution in [-0.4, -0.2) is 43.0 Å². The largest absolute Gasteiger partial charge is 0.338 e. The van der Waals surface area contributed by atoms with Gasteiger partial charge in [0.2, 0.25) is 5.91 Å². The molecule has 5 heteroatoms. The summed E-state index contributed by atoms with van der Waals surface area (Å²) < 4.78 is 0. The fourth-order valence-corrected chi connectivity index (χ4v) is 2.22. The van der Waals surface area contributed by atoms with Crippen molar-refractivity contribution in [2.24, 2.45) is 5.92 Å². The second kappa shape index (κ2) is 8.08. The molecule has 1 aliphatic rings. The van der Waals surface area contributed by atoms with Crippen LogP contribution in [0.1, 0.15) is 39.5 Å². The third kappa shape index (κ3) is 6.00. The Kier molecular flexibility index (Phi) is 6.72. The average molecular weight is 255 g/mol. The van der Waals surface area contributed by atoms with E-state index < -0.39 is 0 Å². The summed E-state index contributed by atoms with van der Waals surface area (Å²) in [6, 6.07) is -0.376. The van der Waals surface area contributed by atoms with Crippen LogP contribution in [0.4, 0.5) is 4.79 Å². The molecule has 0 spiro atoms. The molecule has 5 nitrogen and oxygen atoms in total. The molecule has 1 aliphatic heterocycles. The highest BCUT2D eigenvalue weighted by molar-refractivity contribution is 5.95. The molecule has 0 saturated carbocycles. The fraction of sp³-hybridized carbons (Fsp3) is 0.846. The number of rotatable bonds is 5. The van der Waals surface area contributed by atoms with Crippen LogP contribution in [0.25, 0.3) is 0 Å². The van der Waals surface area contributed by atoms with Gasteiger partial charge in [-0.3, -0.25) is 15.0 Å². The molecule has 2 N–H and O–H groups in total. The van der Waals surface area contributed by atoms with E-state index in [4.69, 9.17) is 0 Å². The molecule has 0 bridgehead atoms. The molecule has 1 rings (SSSR count). The van der Waals surface area contributed by atoms with Crippen molar-refractivity contribution in [2.45, 2.75) is 39.5 Å². The van der Waals surface area contributed by atoms with E-state index in [1.54, 1.807) is 0 Å². The number of likely N-dealkylation sites (tertiary alicyclic amines) is 1. The molecule has 0 aromatic carbocycles. The van der Waals surface area contributed by atoms with Gasteiger partial charge in [0.25, 0.3) is 0 Å². The molecular formula is C13H25N3O2. The number of nitrogens with one attached hydrogen (secondary N) is 2. The topological polar surface area (TPSA) is 61.4 Å². The number of amides is 3. The van der Waals surface area contributed by atoms with Crippen molar-refractivity contribution in [3.05, 3.63) is 0 Å². The zero-order valence-corrected chi connectivity index (χ0v) is 11.5. The molecule has 1 saturated heterocycles. The van der Waals surface area contributed by atoms with Gasteiger partial charge >= 0.3 is 6.03 Å².